The standard InChI is InChI=1S/C45H29N3S/c1-4-12-30(13-5-1)32-22-24-34(25-23-32)44-46-43(33-16-8-3-9-17-33)47-45(48-44)37-26-27-39-41(29-37)49-40-21-11-20-38(42(39)40)36-19-10-18-35(28-36)31-14-6-2-7-15-31/h1-29H/i3D,8D,9D,16D,17D. The van der Waals surface area contributed by atoms with E-state index in [9.17, 15) is 0 Å². The van der Waals surface area contributed by atoms with E-state index in [0.29, 0.717) is 17.2 Å². The lowest BCUT2D eigenvalue weighted by atomic mass is 9.96. The number of hydrogen-bond donors (Lipinski definition) is 0. The monoisotopic (exact) mass is 648 g/mol. The molecule has 2 heterocycles. The van der Waals surface area contributed by atoms with E-state index in [0.717, 1.165) is 53.7 Å². The molecule has 0 aliphatic rings. The summed E-state index contributed by atoms with van der Waals surface area (Å²) in [6, 6.07) is 47.3. The second kappa shape index (κ2) is 12.4. The van der Waals surface area contributed by atoms with Gasteiger partial charge in [-0.15, -0.1) is 11.3 Å². The second-order valence-electron chi connectivity index (χ2n) is 11.7. The molecule has 0 atom stereocenters. The summed E-state index contributed by atoms with van der Waals surface area (Å²) in [4.78, 5) is 14.4. The van der Waals surface area contributed by atoms with Gasteiger partial charge in [0.25, 0.3) is 0 Å². The average Bonchev–Trinajstić information content (AvgIpc) is 3.61. The third-order valence-electron chi connectivity index (χ3n) is 8.65. The zero-order valence-corrected chi connectivity index (χ0v) is 26.9. The van der Waals surface area contributed by atoms with Crippen molar-refractivity contribution in [1.29, 1.82) is 0 Å². The molecule has 4 heteroatoms. The highest BCUT2D eigenvalue weighted by Gasteiger charge is 2.16. The van der Waals surface area contributed by atoms with Crippen molar-refractivity contribution in [1.82, 2.24) is 15.0 Å². The van der Waals surface area contributed by atoms with Gasteiger partial charge >= 0.3 is 0 Å². The normalized spacial score (nSPS) is 12.7. The molecule has 2 aromatic heterocycles. The summed E-state index contributed by atoms with van der Waals surface area (Å²) in [6.45, 7) is 0. The van der Waals surface area contributed by atoms with Crippen LogP contribution in [0.1, 0.15) is 6.85 Å². The predicted octanol–water partition coefficient (Wildman–Crippen LogP) is 12.2. The fraction of sp³-hybridized carbons (Fsp3) is 0. The Balaban J connectivity index is 1.19. The van der Waals surface area contributed by atoms with Crippen LogP contribution in [0.4, 0.5) is 0 Å². The lowest BCUT2D eigenvalue weighted by molar-refractivity contribution is 1.07. The SMILES string of the molecule is [2H]c1c([2H])c([2H])c(-c2nc(-c3ccc(-c4ccccc4)cc3)nc(-c3ccc4c(c3)sc3cccc(-c5cccc(-c6ccccc6)c5)c34)n2)c([2H])c1[2H]. The van der Waals surface area contributed by atoms with Gasteiger partial charge in [0, 0.05) is 36.9 Å². The van der Waals surface area contributed by atoms with E-state index in [4.69, 9.17) is 21.8 Å². The predicted molar refractivity (Wildman–Crippen MR) is 205 cm³/mol. The molecule has 0 aliphatic heterocycles. The maximum atomic E-state index is 8.70. The number of fused-ring (bicyclic) bond motifs is 3. The molecule has 0 spiro atoms. The Bertz CT molecular complexity index is 2850. The number of hydrogen-bond acceptors (Lipinski definition) is 4. The number of benzene rings is 7. The van der Waals surface area contributed by atoms with Gasteiger partial charge in [0.05, 0.1) is 6.85 Å². The molecule has 0 radical (unpaired) electrons. The van der Waals surface area contributed by atoms with E-state index in [1.165, 1.54) is 5.39 Å². The molecule has 3 nitrogen and oxygen atoms in total. The van der Waals surface area contributed by atoms with Gasteiger partial charge in [-0.1, -0.05) is 158 Å². The van der Waals surface area contributed by atoms with E-state index in [-0.39, 0.29) is 23.5 Å². The molecule has 0 N–H and O–H groups in total. The number of rotatable bonds is 6. The third-order valence-corrected chi connectivity index (χ3v) is 9.76. The molecule has 0 amide bonds. The molecule has 9 rings (SSSR count). The second-order valence-corrected chi connectivity index (χ2v) is 12.8. The van der Waals surface area contributed by atoms with Crippen LogP contribution < -0.4 is 0 Å². The van der Waals surface area contributed by atoms with Crippen molar-refractivity contribution in [3.8, 4) is 67.5 Å². The van der Waals surface area contributed by atoms with Gasteiger partial charge in [-0.05, 0) is 51.6 Å². The van der Waals surface area contributed by atoms with Crippen LogP contribution in [-0.4, -0.2) is 15.0 Å². The molecular formula is C45H29N3S. The smallest absolute Gasteiger partial charge is 0.164 e. The van der Waals surface area contributed by atoms with E-state index >= 15 is 0 Å². The minimum Gasteiger partial charge on any atom is -0.208 e. The highest BCUT2D eigenvalue weighted by atomic mass is 32.1. The summed E-state index contributed by atoms with van der Waals surface area (Å²) in [6.07, 6.45) is 0. The number of thiophene rings is 1. The Labute approximate surface area is 295 Å². The molecule has 0 saturated carbocycles. The highest BCUT2D eigenvalue weighted by Crippen LogP contribution is 2.42. The molecule has 9 aromatic rings. The van der Waals surface area contributed by atoms with Crippen molar-refractivity contribution in [3.05, 3.63) is 176 Å². The molecule has 0 fully saturated rings. The van der Waals surface area contributed by atoms with Crippen LogP contribution in [0.3, 0.4) is 0 Å². The summed E-state index contributed by atoms with van der Waals surface area (Å²) in [5.41, 5.74) is 8.06. The minimum atomic E-state index is -0.471. The van der Waals surface area contributed by atoms with Crippen molar-refractivity contribution >= 4 is 31.5 Å². The van der Waals surface area contributed by atoms with Crippen molar-refractivity contribution in [3.63, 3.8) is 0 Å². The first-order valence-electron chi connectivity index (χ1n) is 18.4. The number of nitrogens with zero attached hydrogens (tertiary/aromatic N) is 3. The zero-order chi connectivity index (χ0) is 36.9. The van der Waals surface area contributed by atoms with Crippen molar-refractivity contribution in [2.45, 2.75) is 0 Å². The molecule has 230 valence electrons. The van der Waals surface area contributed by atoms with E-state index in [2.05, 4.69) is 78.9 Å². The molecule has 49 heavy (non-hydrogen) atoms. The maximum absolute atomic E-state index is 8.70. The lowest BCUT2D eigenvalue weighted by Gasteiger charge is -2.10. The third kappa shape index (κ3) is 5.58. The fourth-order valence-electron chi connectivity index (χ4n) is 6.25. The first-order chi connectivity index (χ1) is 26.3. The van der Waals surface area contributed by atoms with Crippen LogP contribution in [0.15, 0.2) is 176 Å². The maximum Gasteiger partial charge on any atom is 0.164 e. The average molecular weight is 649 g/mol. The Morgan fingerprint density at radius 1 is 0.388 bits per heavy atom. The van der Waals surface area contributed by atoms with Crippen molar-refractivity contribution in [2.24, 2.45) is 0 Å². The van der Waals surface area contributed by atoms with Gasteiger partial charge in [-0.2, -0.15) is 0 Å². The van der Waals surface area contributed by atoms with Gasteiger partial charge < -0.3 is 0 Å². The summed E-state index contributed by atoms with van der Waals surface area (Å²) >= 11 is 1.69. The lowest BCUT2D eigenvalue weighted by Crippen LogP contribution is -2.00. The molecule has 0 unspecified atom stereocenters. The van der Waals surface area contributed by atoms with Crippen LogP contribution in [0.25, 0.3) is 87.7 Å². The first-order valence-corrected chi connectivity index (χ1v) is 16.8. The van der Waals surface area contributed by atoms with Crippen molar-refractivity contribution < 1.29 is 6.85 Å². The summed E-state index contributed by atoms with van der Waals surface area (Å²) in [7, 11) is 0. The van der Waals surface area contributed by atoms with Crippen LogP contribution >= 0.6 is 11.3 Å². The Morgan fingerprint density at radius 2 is 0.939 bits per heavy atom. The Hall–Kier alpha value is -6.23. The summed E-state index contributed by atoms with van der Waals surface area (Å²) in [5.74, 6) is 0.679. The van der Waals surface area contributed by atoms with Crippen molar-refractivity contribution in [2.75, 3.05) is 0 Å². The van der Waals surface area contributed by atoms with E-state index in [1.807, 2.05) is 66.7 Å². The van der Waals surface area contributed by atoms with Crippen LogP contribution in [0.5, 0.6) is 0 Å². The molecule has 7 aromatic carbocycles. The fourth-order valence-corrected chi connectivity index (χ4v) is 7.42. The largest absolute Gasteiger partial charge is 0.208 e. The van der Waals surface area contributed by atoms with Gasteiger partial charge in [0.1, 0.15) is 0 Å². The Kier molecular flexibility index (Phi) is 6.08. The molecule has 0 aliphatic carbocycles. The zero-order valence-electron chi connectivity index (χ0n) is 31.1. The highest BCUT2D eigenvalue weighted by molar-refractivity contribution is 7.26. The number of aromatic nitrogens is 3. The summed E-state index contributed by atoms with van der Waals surface area (Å²) < 4.78 is 44.4. The van der Waals surface area contributed by atoms with E-state index < -0.39 is 18.1 Å². The minimum absolute atomic E-state index is 0.0103. The van der Waals surface area contributed by atoms with Gasteiger partial charge in [-0.25, -0.2) is 15.0 Å². The van der Waals surface area contributed by atoms with E-state index in [1.54, 1.807) is 11.3 Å². The summed E-state index contributed by atoms with van der Waals surface area (Å²) in [5, 5.41) is 2.28. The molecule has 0 bridgehead atoms. The Morgan fingerprint density at radius 3 is 1.67 bits per heavy atom. The van der Waals surface area contributed by atoms with Crippen LogP contribution in [0.2, 0.25) is 0 Å². The van der Waals surface area contributed by atoms with Gasteiger partial charge in [0.2, 0.25) is 0 Å². The first kappa shape index (κ1) is 24.0. The van der Waals surface area contributed by atoms with Crippen LogP contribution in [0, 0.1) is 0 Å². The molecule has 0 saturated heterocycles. The quantitative estimate of drug-likeness (QED) is 0.180. The molecular weight excluding hydrogens is 615 g/mol. The van der Waals surface area contributed by atoms with Gasteiger partial charge in [-0.3, -0.25) is 0 Å². The van der Waals surface area contributed by atoms with Crippen LogP contribution in [-0.2, 0) is 0 Å². The topological polar surface area (TPSA) is 38.7 Å². The van der Waals surface area contributed by atoms with Gasteiger partial charge in [0.15, 0.2) is 17.5 Å².